The van der Waals surface area contributed by atoms with Crippen molar-refractivity contribution >= 4 is 22.0 Å². The Hall–Kier alpha value is -0.900. The first kappa shape index (κ1) is 18.5. The Bertz CT molecular complexity index is 821. The van der Waals surface area contributed by atoms with E-state index in [1.165, 1.54) is 71.1 Å². The van der Waals surface area contributed by atoms with E-state index in [1.54, 1.807) is 5.57 Å². The van der Waals surface area contributed by atoms with Crippen molar-refractivity contribution in [3.8, 4) is 0 Å². The maximum atomic E-state index is 3.71. The summed E-state index contributed by atoms with van der Waals surface area (Å²) in [6, 6.07) is 18.1. The molecule has 1 aliphatic carbocycles. The Labute approximate surface area is 175 Å². The third-order valence-electron chi connectivity index (χ3n) is 6.63. The number of halogens is 2. The number of benzene rings is 2. The van der Waals surface area contributed by atoms with Crippen molar-refractivity contribution in [3.05, 3.63) is 75.3 Å². The van der Waals surface area contributed by atoms with Gasteiger partial charge in [0.1, 0.15) is 6.54 Å². The third-order valence-corrected chi connectivity index (χ3v) is 7.12. The van der Waals surface area contributed by atoms with Gasteiger partial charge < -0.3 is 21.5 Å². The molecule has 2 heterocycles. The molecule has 2 atom stereocenters. The van der Waals surface area contributed by atoms with Crippen LogP contribution in [0.5, 0.6) is 0 Å². The van der Waals surface area contributed by atoms with Crippen LogP contribution in [0.4, 0.5) is 0 Å². The molecule has 0 aromatic heterocycles. The number of rotatable bonds is 1. The monoisotopic (exact) mass is 473 g/mol. The van der Waals surface area contributed by atoms with E-state index in [2.05, 4.69) is 70.5 Å². The van der Waals surface area contributed by atoms with Gasteiger partial charge in [0.25, 0.3) is 0 Å². The summed E-state index contributed by atoms with van der Waals surface area (Å²) >= 11 is 3.71. The van der Waals surface area contributed by atoms with Gasteiger partial charge >= 0.3 is 0 Å². The van der Waals surface area contributed by atoms with Crippen LogP contribution in [0.3, 0.4) is 0 Å². The number of hydrogen-bond acceptors (Lipinski definition) is 0. The fourth-order valence-electron chi connectivity index (χ4n) is 5.53. The Morgan fingerprint density at radius 1 is 0.923 bits per heavy atom. The Balaban J connectivity index is 0.00000168. The van der Waals surface area contributed by atoms with Crippen molar-refractivity contribution in [1.29, 1.82) is 0 Å². The molecule has 2 unspecified atom stereocenters. The first-order chi connectivity index (χ1) is 12.2. The van der Waals surface area contributed by atoms with Gasteiger partial charge in [0, 0.05) is 16.3 Å². The first-order valence-electron chi connectivity index (χ1n) is 9.64. The van der Waals surface area contributed by atoms with Gasteiger partial charge in [-0.25, -0.2) is 0 Å². The van der Waals surface area contributed by atoms with E-state index in [1.807, 2.05) is 0 Å². The summed E-state index contributed by atoms with van der Waals surface area (Å²) in [5.74, 6) is 1.18. The number of hydrogen-bond donors (Lipinski definition) is 0. The summed E-state index contributed by atoms with van der Waals surface area (Å²) in [6.45, 7) is 5.38. The van der Waals surface area contributed by atoms with Crippen LogP contribution in [0, 0.1) is 5.92 Å². The van der Waals surface area contributed by atoms with Crippen molar-refractivity contribution in [2.75, 3.05) is 26.2 Å². The van der Waals surface area contributed by atoms with Crippen LogP contribution in [0.15, 0.2) is 58.6 Å². The normalized spacial score (nSPS) is 25.8. The van der Waals surface area contributed by atoms with Gasteiger partial charge in [-0.3, -0.25) is 0 Å². The number of nitrogens with zero attached hydrogens (tertiary/aromatic N) is 1. The fourth-order valence-corrected chi connectivity index (χ4v) is 5.91. The molecule has 3 aliphatic rings. The van der Waals surface area contributed by atoms with E-state index in [-0.39, 0.29) is 17.0 Å². The van der Waals surface area contributed by atoms with Gasteiger partial charge in [0.2, 0.25) is 0 Å². The topological polar surface area (TPSA) is 0 Å². The van der Waals surface area contributed by atoms with E-state index in [4.69, 9.17) is 0 Å². The average Bonchev–Trinajstić information content (AvgIpc) is 2.98. The lowest BCUT2D eigenvalue weighted by atomic mass is 9.73. The van der Waals surface area contributed by atoms with Crippen LogP contribution < -0.4 is 17.0 Å². The Morgan fingerprint density at radius 2 is 1.69 bits per heavy atom. The van der Waals surface area contributed by atoms with Crippen molar-refractivity contribution in [1.82, 2.24) is 0 Å². The minimum Gasteiger partial charge on any atom is -1.00 e. The largest absolute Gasteiger partial charge is 1.00 e. The minimum atomic E-state index is 0. The highest BCUT2D eigenvalue weighted by Gasteiger charge is 2.47. The predicted octanol–water partition coefficient (Wildman–Crippen LogP) is 2.61. The van der Waals surface area contributed by atoms with Crippen LogP contribution in [0.2, 0.25) is 0 Å². The molecule has 0 N–H and O–H groups in total. The van der Waals surface area contributed by atoms with E-state index in [9.17, 15) is 0 Å². The summed E-state index contributed by atoms with van der Waals surface area (Å²) in [4.78, 5) is 0. The summed E-state index contributed by atoms with van der Waals surface area (Å²) < 4.78 is 2.54. The van der Waals surface area contributed by atoms with Crippen molar-refractivity contribution in [2.45, 2.75) is 25.2 Å². The van der Waals surface area contributed by atoms with Gasteiger partial charge in [-0.15, -0.1) is 0 Å². The van der Waals surface area contributed by atoms with Gasteiger partial charge in [-0.05, 0) is 59.7 Å². The van der Waals surface area contributed by atoms with E-state index < -0.39 is 0 Å². The first-order valence-corrected chi connectivity index (χ1v) is 10.4. The second-order valence-corrected chi connectivity index (χ2v) is 9.09. The van der Waals surface area contributed by atoms with Crippen LogP contribution >= 0.6 is 15.9 Å². The van der Waals surface area contributed by atoms with Gasteiger partial charge in [-0.2, -0.15) is 0 Å². The van der Waals surface area contributed by atoms with Crippen LogP contribution in [0.1, 0.15) is 41.9 Å². The molecule has 0 amide bonds. The smallest absolute Gasteiger partial charge is 0.101 e. The highest BCUT2D eigenvalue weighted by Crippen LogP contribution is 2.49. The van der Waals surface area contributed by atoms with Crippen molar-refractivity contribution < 1.29 is 21.5 Å². The van der Waals surface area contributed by atoms with Gasteiger partial charge in [0.15, 0.2) is 0 Å². The fraction of sp³-hybridized carbons (Fsp3) is 0.391. The molecule has 1 spiro atoms. The predicted molar refractivity (Wildman–Crippen MR) is 107 cm³/mol. The molecule has 0 saturated carbocycles. The molecule has 2 aromatic carbocycles. The van der Waals surface area contributed by atoms with E-state index >= 15 is 0 Å². The molecule has 1 nitrogen and oxygen atoms in total. The lowest BCUT2D eigenvalue weighted by Crippen LogP contribution is -3.00. The average molecular weight is 475 g/mol. The van der Waals surface area contributed by atoms with E-state index in [0.717, 1.165) is 0 Å². The van der Waals surface area contributed by atoms with Crippen LogP contribution in [-0.4, -0.2) is 30.7 Å². The molecule has 0 bridgehead atoms. The molecule has 5 rings (SSSR count). The molecule has 2 aromatic rings. The molecule has 0 radical (unpaired) electrons. The highest BCUT2D eigenvalue weighted by molar-refractivity contribution is 9.10. The summed E-state index contributed by atoms with van der Waals surface area (Å²) in [6.07, 6.45) is 6.77. The maximum absolute atomic E-state index is 3.71. The molecule has 2 aliphatic heterocycles. The summed E-state index contributed by atoms with van der Waals surface area (Å²) in [7, 11) is 0. The molecular formula is C23H25Br2N. The molecule has 2 saturated heterocycles. The van der Waals surface area contributed by atoms with Gasteiger partial charge in [-0.1, -0.05) is 52.3 Å². The van der Waals surface area contributed by atoms with E-state index in [0.29, 0.717) is 11.8 Å². The second kappa shape index (κ2) is 7.26. The number of quaternary nitrogens is 1. The Morgan fingerprint density at radius 3 is 2.46 bits per heavy atom. The molecule has 2 fully saturated rings. The number of fused-ring (bicyclic) bond motifs is 2. The zero-order valence-corrected chi connectivity index (χ0v) is 18.2. The molecule has 26 heavy (non-hydrogen) atoms. The third kappa shape index (κ3) is 3.12. The zero-order valence-electron chi connectivity index (χ0n) is 15.0. The summed E-state index contributed by atoms with van der Waals surface area (Å²) in [5.41, 5.74) is 6.12. The molecule has 3 heteroatoms. The second-order valence-electron chi connectivity index (χ2n) is 8.18. The lowest BCUT2D eigenvalue weighted by Gasteiger charge is -2.38. The van der Waals surface area contributed by atoms with Crippen molar-refractivity contribution in [2.24, 2.45) is 5.92 Å². The van der Waals surface area contributed by atoms with Crippen molar-refractivity contribution in [3.63, 3.8) is 0 Å². The lowest BCUT2D eigenvalue weighted by molar-refractivity contribution is -0.920. The number of piperidine rings is 1. The molecular weight excluding hydrogens is 450 g/mol. The Kier molecular flexibility index (Phi) is 5.15. The standard InChI is InChI=1S/C23H25BrN.BrH/c24-20-10-9-18-13-19-15-25(11-5-2-6-12-25)16-22(19)23(21(18)14-20)17-7-3-1-4-8-17;/h1,3-4,7-10,13-14,22-23H,2,5-6,11-12,15-16H2;1H/q+1;/p-1. The molecule has 136 valence electrons. The quantitative estimate of drug-likeness (QED) is 0.557. The zero-order chi connectivity index (χ0) is 16.9. The SMILES string of the molecule is Brc1ccc2c(c1)C(c1ccccc1)C1C[N+]3(CCCCC3)CC1=C2.[Br-]. The summed E-state index contributed by atoms with van der Waals surface area (Å²) in [5, 5.41) is 0. The van der Waals surface area contributed by atoms with Gasteiger partial charge in [0.05, 0.1) is 19.6 Å². The minimum absolute atomic E-state index is 0. The van der Waals surface area contributed by atoms with Crippen LogP contribution in [0.25, 0.3) is 6.08 Å². The maximum Gasteiger partial charge on any atom is 0.101 e. The van der Waals surface area contributed by atoms with Crippen LogP contribution in [-0.2, 0) is 0 Å². The highest BCUT2D eigenvalue weighted by atomic mass is 79.9.